The molecular formula is C33H43F5N8O3. The van der Waals surface area contributed by atoms with Gasteiger partial charge in [0.1, 0.15) is 23.5 Å². The van der Waals surface area contributed by atoms with Gasteiger partial charge in [0.05, 0.1) is 43.3 Å². The van der Waals surface area contributed by atoms with Gasteiger partial charge in [0.25, 0.3) is 5.91 Å². The number of nitrogens with two attached hydrogens (primary N) is 2. The van der Waals surface area contributed by atoms with Crippen LogP contribution in [-0.4, -0.2) is 97.5 Å². The van der Waals surface area contributed by atoms with Crippen molar-refractivity contribution in [2.75, 3.05) is 64.6 Å². The summed E-state index contributed by atoms with van der Waals surface area (Å²) in [6.07, 6.45) is -2.72. The maximum Gasteiger partial charge on any atom is 0.419 e. The predicted molar refractivity (Wildman–Crippen MR) is 174 cm³/mol. The first-order valence-electron chi connectivity index (χ1n) is 16.2. The number of fused-ring (bicyclic) bond motifs is 2. The largest absolute Gasteiger partial charge is 0.467 e. The Labute approximate surface area is 282 Å². The molecule has 11 nitrogen and oxygen atoms in total. The number of carbonyl (C=O) groups is 1. The van der Waals surface area contributed by atoms with Crippen molar-refractivity contribution < 1.29 is 36.2 Å². The topological polar surface area (TPSA) is 135 Å². The van der Waals surface area contributed by atoms with Gasteiger partial charge in [0.15, 0.2) is 0 Å². The Hall–Kier alpha value is -4.05. The standard InChI is InChI=1S/C26H31F4N7O3.C7H12FN/c1-13(22(32)24(38)36(2)3)19-11-37(7-5-6-33-19)23-16-12-40-20(10-18(16)34-25(35-23)39-4)15-8-14(31)9-17(27)21(15)26(28,29)30;8-6-4-7-2-1-3-9(7)5-6/h8-9,20H,5-7,10-12,31-32H2,1-4H3;6-7H,1-5H2/b22-13-;. The molecule has 0 radical (unpaired) electrons. The molecule has 268 valence electrons. The number of amides is 1. The Balaban J connectivity index is 0.000000444. The molecule has 1 amide bonds. The summed E-state index contributed by atoms with van der Waals surface area (Å²) < 4.78 is 79.5. The second-order valence-electron chi connectivity index (χ2n) is 12.9. The smallest absolute Gasteiger partial charge is 0.419 e. The number of aromatic nitrogens is 2. The first-order chi connectivity index (χ1) is 23.2. The van der Waals surface area contributed by atoms with E-state index in [0.29, 0.717) is 66.5 Å². The highest BCUT2D eigenvalue weighted by Crippen LogP contribution is 2.42. The van der Waals surface area contributed by atoms with Crippen LogP contribution >= 0.6 is 0 Å². The lowest BCUT2D eigenvalue weighted by Gasteiger charge is -2.31. The quantitative estimate of drug-likeness (QED) is 0.268. The minimum atomic E-state index is -4.95. The van der Waals surface area contributed by atoms with Gasteiger partial charge in [0.2, 0.25) is 0 Å². The number of benzene rings is 1. The Morgan fingerprint density at radius 1 is 1.16 bits per heavy atom. The molecule has 2 saturated heterocycles. The summed E-state index contributed by atoms with van der Waals surface area (Å²) in [5, 5.41) is 0. The van der Waals surface area contributed by atoms with Crippen molar-refractivity contribution >= 4 is 23.1 Å². The fraction of sp³-hybridized carbons (Fsp3) is 0.576. The van der Waals surface area contributed by atoms with Gasteiger partial charge < -0.3 is 30.7 Å². The average Bonchev–Trinajstić information content (AvgIpc) is 3.53. The highest BCUT2D eigenvalue weighted by Gasteiger charge is 2.41. The summed E-state index contributed by atoms with van der Waals surface area (Å²) in [7, 11) is 4.59. The SMILES string of the molecule is COc1nc2c(c(N3CCCN=C(/C(C)=C(\N)C(=O)N(C)C)C3)n1)COC(c1cc(N)cc(F)c1C(F)(F)F)C2.FC1CC2CCCN2C1. The van der Waals surface area contributed by atoms with Crippen LogP contribution in [0.5, 0.6) is 6.01 Å². The van der Waals surface area contributed by atoms with Gasteiger partial charge in [-0.05, 0) is 56.8 Å². The zero-order chi connectivity index (χ0) is 35.6. The summed E-state index contributed by atoms with van der Waals surface area (Å²) in [5.41, 5.74) is 12.0. The van der Waals surface area contributed by atoms with E-state index in [9.17, 15) is 26.7 Å². The molecule has 6 rings (SSSR count). The minimum absolute atomic E-state index is 0.0153. The summed E-state index contributed by atoms with van der Waals surface area (Å²) >= 11 is 0. The molecule has 1 aromatic carbocycles. The van der Waals surface area contributed by atoms with Crippen molar-refractivity contribution in [1.29, 1.82) is 0 Å². The highest BCUT2D eigenvalue weighted by molar-refractivity contribution is 6.09. The maximum atomic E-state index is 14.4. The number of ether oxygens (including phenoxy) is 2. The van der Waals surface area contributed by atoms with Crippen LogP contribution in [0.15, 0.2) is 28.4 Å². The molecule has 49 heavy (non-hydrogen) atoms. The van der Waals surface area contributed by atoms with E-state index in [0.717, 1.165) is 19.0 Å². The van der Waals surface area contributed by atoms with Gasteiger partial charge in [-0.25, -0.2) is 8.78 Å². The van der Waals surface area contributed by atoms with Gasteiger partial charge >= 0.3 is 12.2 Å². The van der Waals surface area contributed by atoms with Gasteiger partial charge in [-0.1, -0.05) is 0 Å². The number of methoxy groups -OCH3 is 1. The number of carbonyl (C=O) groups excluding carboxylic acids is 1. The van der Waals surface area contributed by atoms with Crippen LogP contribution in [0.3, 0.4) is 0 Å². The number of hydrogen-bond acceptors (Lipinski definition) is 10. The maximum absolute atomic E-state index is 14.4. The number of hydrogen-bond donors (Lipinski definition) is 2. The molecule has 1 aromatic heterocycles. The Kier molecular flexibility index (Phi) is 11.0. The van der Waals surface area contributed by atoms with Crippen molar-refractivity contribution in [3.05, 3.63) is 51.6 Å². The van der Waals surface area contributed by atoms with Crippen LogP contribution < -0.4 is 21.1 Å². The van der Waals surface area contributed by atoms with Gasteiger partial charge in [-0.3, -0.25) is 14.7 Å². The molecule has 2 fully saturated rings. The van der Waals surface area contributed by atoms with Crippen LogP contribution in [0.4, 0.5) is 33.5 Å². The normalized spacial score (nSPS) is 23.0. The highest BCUT2D eigenvalue weighted by atomic mass is 19.4. The Bertz CT molecular complexity index is 1600. The van der Waals surface area contributed by atoms with Crippen molar-refractivity contribution in [3.8, 4) is 6.01 Å². The molecule has 0 aliphatic carbocycles. The fourth-order valence-electron chi connectivity index (χ4n) is 6.77. The summed E-state index contributed by atoms with van der Waals surface area (Å²) in [4.78, 5) is 31.6. The Morgan fingerprint density at radius 2 is 1.92 bits per heavy atom. The van der Waals surface area contributed by atoms with Crippen LogP contribution in [0.2, 0.25) is 0 Å². The minimum Gasteiger partial charge on any atom is -0.467 e. The molecule has 16 heteroatoms. The molecule has 0 bridgehead atoms. The van der Waals surface area contributed by atoms with E-state index in [1.54, 1.807) is 21.0 Å². The predicted octanol–water partition coefficient (Wildman–Crippen LogP) is 4.20. The van der Waals surface area contributed by atoms with E-state index < -0.39 is 35.4 Å². The van der Waals surface area contributed by atoms with Crippen LogP contribution in [-0.2, 0) is 28.7 Å². The summed E-state index contributed by atoms with van der Waals surface area (Å²) in [6.45, 7) is 4.75. The number of nitrogen functional groups attached to an aromatic ring is 1. The number of anilines is 2. The van der Waals surface area contributed by atoms with Gasteiger partial charge in [0, 0.05) is 63.0 Å². The number of nitrogens with zero attached hydrogens (tertiary/aromatic N) is 6. The van der Waals surface area contributed by atoms with Gasteiger partial charge in [-0.2, -0.15) is 23.1 Å². The third-order valence-corrected chi connectivity index (χ3v) is 9.28. The van der Waals surface area contributed by atoms with Crippen LogP contribution in [0, 0.1) is 5.82 Å². The fourth-order valence-corrected chi connectivity index (χ4v) is 6.77. The molecule has 5 heterocycles. The molecule has 4 aliphatic heterocycles. The van der Waals surface area contributed by atoms with Crippen molar-refractivity contribution in [1.82, 2.24) is 19.8 Å². The molecule has 4 aliphatic rings. The molecule has 0 saturated carbocycles. The molecule has 0 spiro atoms. The molecule has 2 aromatic rings. The van der Waals surface area contributed by atoms with E-state index in [4.69, 9.17) is 20.9 Å². The number of alkyl halides is 4. The second kappa shape index (κ2) is 14.8. The van der Waals surface area contributed by atoms with E-state index >= 15 is 0 Å². The van der Waals surface area contributed by atoms with Crippen molar-refractivity contribution in [2.45, 2.75) is 70.1 Å². The Morgan fingerprint density at radius 3 is 2.59 bits per heavy atom. The third-order valence-electron chi connectivity index (χ3n) is 9.28. The van der Waals surface area contributed by atoms with Crippen LogP contribution in [0.1, 0.15) is 61.1 Å². The van der Waals surface area contributed by atoms with Crippen LogP contribution in [0.25, 0.3) is 0 Å². The zero-order valence-electron chi connectivity index (χ0n) is 28.1. The summed E-state index contributed by atoms with van der Waals surface area (Å²) in [5.74, 6) is -1.34. The first kappa shape index (κ1) is 36.2. The molecule has 3 unspecified atom stereocenters. The lowest BCUT2D eigenvalue weighted by Crippen LogP contribution is -2.35. The van der Waals surface area contributed by atoms with Crippen molar-refractivity contribution in [3.63, 3.8) is 0 Å². The monoisotopic (exact) mass is 694 g/mol. The zero-order valence-corrected chi connectivity index (χ0v) is 28.1. The van der Waals surface area contributed by atoms with E-state index in [-0.39, 0.29) is 42.9 Å². The molecular weight excluding hydrogens is 651 g/mol. The second-order valence-corrected chi connectivity index (χ2v) is 12.9. The summed E-state index contributed by atoms with van der Waals surface area (Å²) in [6, 6.07) is 2.34. The number of halogens is 5. The van der Waals surface area contributed by atoms with Gasteiger partial charge in [-0.15, -0.1) is 0 Å². The molecule has 3 atom stereocenters. The number of rotatable bonds is 5. The van der Waals surface area contributed by atoms with E-state index in [1.165, 1.54) is 24.9 Å². The number of likely N-dealkylation sites (N-methyl/N-ethyl adjacent to an activating group) is 1. The average molecular weight is 695 g/mol. The lowest BCUT2D eigenvalue weighted by molar-refractivity contribution is -0.142. The first-order valence-corrected chi connectivity index (χ1v) is 16.2. The van der Waals surface area contributed by atoms with E-state index in [2.05, 4.69) is 19.9 Å². The van der Waals surface area contributed by atoms with E-state index in [1.807, 2.05) is 4.90 Å². The van der Waals surface area contributed by atoms with Crippen molar-refractivity contribution in [2.24, 2.45) is 10.7 Å². The molecule has 4 N–H and O–H groups in total. The lowest BCUT2D eigenvalue weighted by atomic mass is 9.94. The third kappa shape index (κ3) is 8.06. The number of aliphatic imine (C=N–C) groups is 1.